The number of fused-ring (bicyclic) bond motifs is 4. The van der Waals surface area contributed by atoms with E-state index in [0.717, 1.165) is 43.8 Å². The molecule has 2 aromatic carbocycles. The lowest BCUT2D eigenvalue weighted by molar-refractivity contribution is 0.102. The Morgan fingerprint density at radius 3 is 2.72 bits per heavy atom. The van der Waals surface area contributed by atoms with Gasteiger partial charge < -0.3 is 15.1 Å². The third-order valence-electron chi connectivity index (χ3n) is 5.30. The largest absolute Gasteiger partial charge is 0.360 e. The summed E-state index contributed by atoms with van der Waals surface area (Å²) in [5.41, 5.74) is 5.40. The Morgan fingerprint density at radius 1 is 1.17 bits per heavy atom. The van der Waals surface area contributed by atoms with Crippen LogP contribution in [0.4, 0.5) is 5.69 Å². The monoisotopic (exact) mass is 420 g/mol. The van der Waals surface area contributed by atoms with Crippen LogP contribution >= 0.6 is 23.5 Å². The Kier molecular flexibility index (Phi) is 4.64. The molecule has 0 spiro atoms. The summed E-state index contributed by atoms with van der Waals surface area (Å²) in [5.74, 6) is 0.0504. The molecule has 0 saturated carbocycles. The summed E-state index contributed by atoms with van der Waals surface area (Å²) in [6.45, 7) is 1.33. The minimum atomic E-state index is 0.0504. The van der Waals surface area contributed by atoms with Gasteiger partial charge in [-0.25, -0.2) is 4.98 Å². The molecule has 3 heterocycles. The second-order valence-electron chi connectivity index (χ2n) is 7.02. The number of H-pyrrole nitrogens is 2. The van der Waals surface area contributed by atoms with E-state index in [9.17, 15) is 4.79 Å². The Hall–Kier alpha value is -2.64. The average molecular weight is 421 g/mol. The van der Waals surface area contributed by atoms with Crippen molar-refractivity contribution in [2.75, 3.05) is 24.0 Å². The molecule has 0 fully saturated rings. The number of hydrogen-bond donors (Lipinski definition) is 2. The maximum atomic E-state index is 13.4. The van der Waals surface area contributed by atoms with Crippen LogP contribution in [0.3, 0.4) is 0 Å². The molecule has 5 rings (SSSR count). The highest BCUT2D eigenvalue weighted by molar-refractivity contribution is 8.21. The van der Waals surface area contributed by atoms with Crippen molar-refractivity contribution in [2.45, 2.75) is 6.54 Å². The number of rotatable bonds is 4. The van der Waals surface area contributed by atoms with Gasteiger partial charge in [-0.05, 0) is 30.2 Å². The van der Waals surface area contributed by atoms with Crippen LogP contribution in [-0.2, 0) is 6.54 Å². The Balaban J connectivity index is 1.73. The topological polar surface area (TPSA) is 64.8 Å². The van der Waals surface area contributed by atoms with E-state index in [4.69, 9.17) is 4.98 Å². The molecule has 0 radical (unpaired) electrons. The summed E-state index contributed by atoms with van der Waals surface area (Å²) in [6, 6.07) is 14.5. The number of carbonyl (C=O) groups excluding carboxylic acids is 1. The van der Waals surface area contributed by atoms with Crippen molar-refractivity contribution in [3.8, 4) is 0 Å². The van der Waals surface area contributed by atoms with E-state index < -0.39 is 0 Å². The summed E-state index contributed by atoms with van der Waals surface area (Å²) in [4.78, 5) is 20.5. The number of thioether (sulfide) groups is 2. The van der Waals surface area contributed by atoms with Gasteiger partial charge in [-0.15, -0.1) is 23.5 Å². The van der Waals surface area contributed by atoms with Crippen LogP contribution in [0.5, 0.6) is 0 Å². The summed E-state index contributed by atoms with van der Waals surface area (Å²) in [7, 11) is 0. The Morgan fingerprint density at radius 2 is 1.97 bits per heavy atom. The van der Waals surface area contributed by atoms with Crippen LogP contribution in [0.15, 0.2) is 58.5 Å². The molecule has 1 aliphatic heterocycles. The quantitative estimate of drug-likeness (QED) is 0.445. The van der Waals surface area contributed by atoms with E-state index in [2.05, 4.69) is 45.4 Å². The highest BCUT2D eigenvalue weighted by Crippen LogP contribution is 2.41. The average Bonchev–Trinajstić information content (AvgIpc) is 3.35. The molecule has 29 heavy (non-hydrogen) atoms. The van der Waals surface area contributed by atoms with Gasteiger partial charge in [0.25, 0.3) is 0 Å². The van der Waals surface area contributed by atoms with Gasteiger partial charge in [0.05, 0.1) is 16.7 Å². The first-order valence-corrected chi connectivity index (χ1v) is 11.8. The summed E-state index contributed by atoms with van der Waals surface area (Å²) < 4.78 is 1.06. The highest BCUT2D eigenvalue weighted by Gasteiger charge is 2.34. The van der Waals surface area contributed by atoms with Crippen LogP contribution in [0, 0.1) is 0 Å². The van der Waals surface area contributed by atoms with Crippen LogP contribution in [-0.4, -0.2) is 40.0 Å². The van der Waals surface area contributed by atoms with E-state index in [1.54, 1.807) is 23.5 Å². The number of hydrogen-bond acceptors (Lipinski definition) is 5. The van der Waals surface area contributed by atoms with E-state index in [-0.39, 0.29) is 5.78 Å². The number of aromatic amines is 2. The number of aromatic nitrogens is 3. The minimum Gasteiger partial charge on any atom is -0.360 e. The van der Waals surface area contributed by atoms with Gasteiger partial charge in [0, 0.05) is 39.9 Å². The fourth-order valence-corrected chi connectivity index (χ4v) is 5.47. The van der Waals surface area contributed by atoms with Gasteiger partial charge in [0.1, 0.15) is 5.69 Å². The molecule has 0 saturated heterocycles. The van der Waals surface area contributed by atoms with Gasteiger partial charge >= 0.3 is 0 Å². The lowest BCUT2D eigenvalue weighted by Gasteiger charge is -2.31. The molecular weight excluding hydrogens is 400 g/mol. The number of nitrogens with zero attached hydrogens (tertiary/aromatic N) is 2. The molecule has 2 aromatic heterocycles. The molecule has 0 atom stereocenters. The zero-order valence-electron chi connectivity index (χ0n) is 16.2. The molecular formula is C22H20N4OS2. The lowest BCUT2D eigenvalue weighted by atomic mass is 10.0. The summed E-state index contributed by atoms with van der Waals surface area (Å²) in [6.07, 6.45) is 5.99. The fraction of sp³-hybridized carbons (Fsp3) is 0.182. The van der Waals surface area contributed by atoms with Crippen LogP contribution < -0.4 is 4.90 Å². The number of Topliss-reactive ketones (excluding diaryl/α,β-unsaturated/α-hetero) is 1. The van der Waals surface area contributed by atoms with Crippen LogP contribution in [0.2, 0.25) is 0 Å². The van der Waals surface area contributed by atoms with Crippen molar-refractivity contribution in [1.82, 2.24) is 15.2 Å². The van der Waals surface area contributed by atoms with Gasteiger partial charge in [-0.3, -0.25) is 4.79 Å². The fourth-order valence-electron chi connectivity index (χ4n) is 4.00. The molecule has 4 aromatic rings. The maximum absolute atomic E-state index is 13.4. The molecule has 0 bridgehead atoms. The summed E-state index contributed by atoms with van der Waals surface area (Å²) in [5, 5.41) is 8.26. The number of nitrogens with one attached hydrogen (secondary N) is 2. The zero-order chi connectivity index (χ0) is 20.0. The predicted octanol–water partition coefficient (Wildman–Crippen LogP) is 5.18. The second-order valence-corrected chi connectivity index (χ2v) is 8.92. The molecule has 1 aliphatic rings. The van der Waals surface area contributed by atoms with E-state index >= 15 is 0 Å². The van der Waals surface area contributed by atoms with E-state index in [0.29, 0.717) is 12.2 Å². The normalized spacial score (nSPS) is 14.1. The third kappa shape index (κ3) is 3.05. The zero-order valence-corrected chi connectivity index (χ0v) is 17.8. The number of carbonyl (C=O) groups is 1. The molecule has 0 amide bonds. The summed E-state index contributed by atoms with van der Waals surface area (Å²) >= 11 is 3.26. The van der Waals surface area contributed by atoms with Crippen molar-refractivity contribution < 1.29 is 4.79 Å². The van der Waals surface area contributed by atoms with Crippen molar-refractivity contribution in [2.24, 2.45) is 0 Å². The third-order valence-corrected chi connectivity index (χ3v) is 7.54. The van der Waals surface area contributed by atoms with Gasteiger partial charge in [-0.1, -0.05) is 30.3 Å². The first kappa shape index (κ1) is 18.4. The van der Waals surface area contributed by atoms with Gasteiger partial charge in [0.2, 0.25) is 5.78 Å². The standard InChI is InChI=1S/C22H20N4OS2/c1-28-22(29-2)16-12-26(11-13-6-4-3-5-7-13)20-15-8-14-10-23-25-17(14)9-18(15)24-19(20)21(16)27/h3-10,23,25H,11-12H2,1-2H3. The minimum absolute atomic E-state index is 0.0504. The maximum Gasteiger partial charge on any atom is 0.212 e. The van der Waals surface area contributed by atoms with Gasteiger partial charge in [-0.2, -0.15) is 0 Å². The Bertz CT molecular complexity index is 1250. The van der Waals surface area contributed by atoms with E-state index in [1.807, 2.05) is 30.8 Å². The number of anilines is 1. The SMILES string of the molecule is CSC(SC)=C1CN(Cc2ccccc2)c2c(nc3cc4[nH][nH]cc4cc23)C1=O. The Labute approximate surface area is 176 Å². The van der Waals surface area contributed by atoms with Crippen molar-refractivity contribution >= 4 is 56.8 Å². The molecule has 5 nitrogen and oxygen atoms in total. The molecule has 0 aliphatic carbocycles. The first-order valence-electron chi connectivity index (χ1n) is 9.33. The van der Waals surface area contributed by atoms with Crippen LogP contribution in [0.1, 0.15) is 16.1 Å². The molecule has 0 unspecified atom stereocenters. The smallest absolute Gasteiger partial charge is 0.212 e. The molecule has 2 N–H and O–H groups in total. The lowest BCUT2D eigenvalue weighted by Crippen LogP contribution is -2.33. The number of benzene rings is 2. The molecule has 7 heteroatoms. The van der Waals surface area contributed by atoms with Crippen molar-refractivity contribution in [1.29, 1.82) is 0 Å². The van der Waals surface area contributed by atoms with Crippen molar-refractivity contribution in [3.63, 3.8) is 0 Å². The highest BCUT2D eigenvalue weighted by atomic mass is 32.2. The van der Waals surface area contributed by atoms with Crippen LogP contribution in [0.25, 0.3) is 21.8 Å². The van der Waals surface area contributed by atoms with Crippen molar-refractivity contribution in [3.05, 3.63) is 69.7 Å². The van der Waals surface area contributed by atoms with E-state index in [1.165, 1.54) is 5.56 Å². The second kappa shape index (κ2) is 7.31. The number of ketones is 1. The predicted molar refractivity (Wildman–Crippen MR) is 124 cm³/mol. The molecule has 146 valence electrons. The van der Waals surface area contributed by atoms with Gasteiger partial charge in [0.15, 0.2) is 0 Å². The first-order chi connectivity index (χ1) is 14.2.